The molecule has 0 aliphatic carbocycles. The van der Waals surface area contributed by atoms with Gasteiger partial charge in [0.05, 0.1) is 6.20 Å². The normalized spacial score (nSPS) is 9.12. The second-order valence-corrected chi connectivity index (χ2v) is 1.51. The van der Waals surface area contributed by atoms with Crippen LogP contribution in [0.3, 0.4) is 0 Å². The molecular weight excluding hydrogens is 130 g/mol. The highest BCUT2D eigenvalue weighted by atomic mass is 35.5. The van der Waals surface area contributed by atoms with E-state index in [0.29, 0.717) is 0 Å². The van der Waals surface area contributed by atoms with Crippen molar-refractivity contribution in [3.05, 3.63) is 11.2 Å². The van der Waals surface area contributed by atoms with Gasteiger partial charge in [-0.3, -0.25) is 0 Å². The summed E-state index contributed by atoms with van der Waals surface area (Å²) in [6.07, 6.45) is 1.21. The average molecular weight is 132 g/mol. The minimum atomic E-state index is -0.290. The molecule has 5 heteroatoms. The van der Waals surface area contributed by atoms with E-state index in [1.807, 2.05) is 0 Å². The molecular formula is C3H2ClN3O. The Labute approximate surface area is 50.1 Å². The zero-order chi connectivity index (χ0) is 5.98. The number of hydrogen-bond donors (Lipinski definition) is 1. The van der Waals surface area contributed by atoms with E-state index in [2.05, 4.69) is 15.4 Å². The summed E-state index contributed by atoms with van der Waals surface area (Å²) in [6.45, 7) is 0. The van der Waals surface area contributed by atoms with E-state index < -0.39 is 0 Å². The van der Waals surface area contributed by atoms with Gasteiger partial charge in [-0.25, -0.2) is 0 Å². The lowest BCUT2D eigenvalue weighted by Crippen LogP contribution is -1.83. The van der Waals surface area contributed by atoms with Crippen LogP contribution in [0.15, 0.2) is 6.20 Å². The number of halogens is 1. The summed E-state index contributed by atoms with van der Waals surface area (Å²) >= 11 is 5.29. The Morgan fingerprint density at radius 3 is 2.75 bits per heavy atom. The molecule has 1 aromatic heterocycles. The van der Waals surface area contributed by atoms with Gasteiger partial charge in [-0.15, -0.1) is 5.10 Å². The van der Waals surface area contributed by atoms with Crippen molar-refractivity contribution < 1.29 is 5.11 Å². The number of aromatic nitrogens is 3. The Morgan fingerprint density at radius 1 is 1.62 bits per heavy atom. The smallest absolute Gasteiger partial charge is 0.253 e. The molecule has 0 radical (unpaired) electrons. The second kappa shape index (κ2) is 1.92. The molecule has 0 aromatic carbocycles. The maximum Gasteiger partial charge on any atom is 0.253 e. The predicted octanol–water partition coefficient (Wildman–Crippen LogP) is 0.231. The summed E-state index contributed by atoms with van der Waals surface area (Å²) in [5, 5.41) is 18.2. The van der Waals surface area contributed by atoms with Crippen molar-refractivity contribution in [2.75, 3.05) is 0 Å². The van der Waals surface area contributed by atoms with Gasteiger partial charge in [0.25, 0.3) is 5.88 Å². The van der Waals surface area contributed by atoms with Crippen LogP contribution >= 0.6 is 11.6 Å². The van der Waals surface area contributed by atoms with Crippen molar-refractivity contribution >= 4 is 11.6 Å². The van der Waals surface area contributed by atoms with Crippen molar-refractivity contribution in [1.82, 2.24) is 15.4 Å². The fraction of sp³-hybridized carbons (Fsp3) is 0. The number of rotatable bonds is 0. The molecule has 42 valence electrons. The molecule has 1 N–H and O–H groups in total. The highest BCUT2D eigenvalue weighted by molar-refractivity contribution is 6.31. The van der Waals surface area contributed by atoms with Crippen LogP contribution in [-0.4, -0.2) is 20.5 Å². The molecule has 4 nitrogen and oxygen atoms in total. The van der Waals surface area contributed by atoms with Gasteiger partial charge in [0.1, 0.15) is 5.02 Å². The second-order valence-electron chi connectivity index (χ2n) is 1.11. The summed E-state index contributed by atoms with van der Waals surface area (Å²) in [6, 6.07) is 0. The maximum atomic E-state index is 8.57. The van der Waals surface area contributed by atoms with Gasteiger partial charge < -0.3 is 5.11 Å². The van der Waals surface area contributed by atoms with E-state index in [1.54, 1.807) is 0 Å². The fourth-order valence-corrected chi connectivity index (χ4v) is 0.332. The first-order valence-corrected chi connectivity index (χ1v) is 2.21. The maximum absolute atomic E-state index is 8.57. The third kappa shape index (κ3) is 0.840. The Bertz CT molecular complexity index is 171. The van der Waals surface area contributed by atoms with E-state index in [-0.39, 0.29) is 10.9 Å². The fourth-order valence-electron chi connectivity index (χ4n) is 0.250. The van der Waals surface area contributed by atoms with Crippen LogP contribution in [0.25, 0.3) is 0 Å². The monoisotopic (exact) mass is 131 g/mol. The van der Waals surface area contributed by atoms with Crippen molar-refractivity contribution in [3.63, 3.8) is 0 Å². The van der Waals surface area contributed by atoms with Crippen LogP contribution in [0, 0.1) is 0 Å². The molecule has 0 amide bonds. The molecule has 0 saturated carbocycles. The summed E-state index contributed by atoms with van der Waals surface area (Å²) in [5.74, 6) is -0.290. The lowest BCUT2D eigenvalue weighted by molar-refractivity contribution is 0.440. The molecule has 0 saturated heterocycles. The SMILES string of the molecule is Oc1nnncc1Cl. The summed E-state index contributed by atoms with van der Waals surface area (Å²) < 4.78 is 0. The molecule has 0 fully saturated rings. The van der Waals surface area contributed by atoms with Gasteiger partial charge in [0, 0.05) is 0 Å². The average Bonchev–Trinajstić information content (AvgIpc) is 1.77. The summed E-state index contributed by atoms with van der Waals surface area (Å²) in [5.41, 5.74) is 0. The van der Waals surface area contributed by atoms with Crippen LogP contribution in [0.4, 0.5) is 0 Å². The van der Waals surface area contributed by atoms with Gasteiger partial charge in [-0.2, -0.15) is 0 Å². The minimum absolute atomic E-state index is 0.111. The Hall–Kier alpha value is -0.900. The third-order valence-corrected chi connectivity index (χ3v) is 0.842. The van der Waals surface area contributed by atoms with Crippen molar-refractivity contribution in [3.8, 4) is 5.88 Å². The van der Waals surface area contributed by atoms with E-state index in [9.17, 15) is 0 Å². The molecule has 0 atom stereocenters. The summed E-state index contributed by atoms with van der Waals surface area (Å²) in [7, 11) is 0. The zero-order valence-electron chi connectivity index (χ0n) is 3.74. The van der Waals surface area contributed by atoms with Crippen molar-refractivity contribution in [1.29, 1.82) is 0 Å². The summed E-state index contributed by atoms with van der Waals surface area (Å²) in [4.78, 5) is 0. The molecule has 0 aliphatic rings. The van der Waals surface area contributed by atoms with Crippen LogP contribution in [0.2, 0.25) is 5.02 Å². The minimum Gasteiger partial charge on any atom is -0.491 e. The first-order chi connectivity index (χ1) is 3.80. The highest BCUT2D eigenvalue weighted by Crippen LogP contribution is 2.14. The number of hydrogen-bond acceptors (Lipinski definition) is 4. The molecule has 0 bridgehead atoms. The first kappa shape index (κ1) is 5.24. The van der Waals surface area contributed by atoms with E-state index in [1.165, 1.54) is 6.20 Å². The molecule has 8 heavy (non-hydrogen) atoms. The quantitative estimate of drug-likeness (QED) is 0.548. The van der Waals surface area contributed by atoms with Crippen LogP contribution in [-0.2, 0) is 0 Å². The number of nitrogens with zero attached hydrogens (tertiary/aromatic N) is 3. The van der Waals surface area contributed by atoms with Crippen molar-refractivity contribution in [2.45, 2.75) is 0 Å². The van der Waals surface area contributed by atoms with Crippen LogP contribution < -0.4 is 0 Å². The van der Waals surface area contributed by atoms with E-state index >= 15 is 0 Å². The Kier molecular flexibility index (Phi) is 1.26. The molecule has 1 heterocycles. The van der Waals surface area contributed by atoms with Crippen molar-refractivity contribution in [2.24, 2.45) is 0 Å². The molecule has 0 aliphatic heterocycles. The number of aromatic hydroxyl groups is 1. The lowest BCUT2D eigenvalue weighted by Gasteiger charge is -1.86. The molecule has 0 unspecified atom stereocenters. The van der Waals surface area contributed by atoms with Crippen LogP contribution in [0.5, 0.6) is 5.88 Å². The van der Waals surface area contributed by atoms with Gasteiger partial charge in [-0.1, -0.05) is 16.7 Å². The highest BCUT2D eigenvalue weighted by Gasteiger charge is 1.94. The molecule has 0 spiro atoms. The molecule has 1 rings (SSSR count). The van der Waals surface area contributed by atoms with Gasteiger partial charge in [0.15, 0.2) is 0 Å². The van der Waals surface area contributed by atoms with E-state index in [4.69, 9.17) is 16.7 Å². The largest absolute Gasteiger partial charge is 0.491 e. The zero-order valence-corrected chi connectivity index (χ0v) is 4.50. The van der Waals surface area contributed by atoms with E-state index in [0.717, 1.165) is 0 Å². The first-order valence-electron chi connectivity index (χ1n) is 1.83. The van der Waals surface area contributed by atoms with Crippen LogP contribution in [0.1, 0.15) is 0 Å². The lowest BCUT2D eigenvalue weighted by atomic mass is 10.7. The Balaban J connectivity index is 3.13. The van der Waals surface area contributed by atoms with Gasteiger partial charge in [0.2, 0.25) is 0 Å². The van der Waals surface area contributed by atoms with Gasteiger partial charge >= 0.3 is 0 Å². The predicted molar refractivity (Wildman–Crippen MR) is 26.5 cm³/mol. The third-order valence-electron chi connectivity index (χ3n) is 0.576. The standard InChI is InChI=1S/C3H2ClN3O/c4-2-1-5-7-6-3(2)8/h1H,(H,5,6,8). The van der Waals surface area contributed by atoms with Gasteiger partial charge in [-0.05, 0) is 5.21 Å². The Morgan fingerprint density at radius 2 is 2.38 bits per heavy atom. The topological polar surface area (TPSA) is 58.9 Å². The molecule has 1 aromatic rings.